The number of piperidine rings is 1. The fourth-order valence-corrected chi connectivity index (χ4v) is 2.75. The smallest absolute Gasteiger partial charge is 0.225 e. The van der Waals surface area contributed by atoms with Crippen LogP contribution in [-0.4, -0.2) is 25.0 Å². The number of amides is 1. The highest BCUT2D eigenvalue weighted by Crippen LogP contribution is 2.25. The molecule has 1 heterocycles. The van der Waals surface area contributed by atoms with Crippen molar-refractivity contribution in [1.82, 2.24) is 5.32 Å². The first-order chi connectivity index (χ1) is 10.2. The van der Waals surface area contributed by atoms with Crippen LogP contribution in [0.2, 0.25) is 0 Å². The quantitative estimate of drug-likeness (QED) is 0.908. The van der Waals surface area contributed by atoms with Crippen molar-refractivity contribution in [2.24, 2.45) is 11.3 Å². The Hall–Kier alpha value is -1.65. The predicted octanol–water partition coefficient (Wildman–Crippen LogP) is 3.34. The minimum atomic E-state index is -0.842. The van der Waals surface area contributed by atoms with Gasteiger partial charge in [0.1, 0.15) is 0 Å². The summed E-state index contributed by atoms with van der Waals surface area (Å²) in [7, 11) is 0. The van der Waals surface area contributed by atoms with Gasteiger partial charge >= 0.3 is 0 Å². The fourth-order valence-electron chi connectivity index (χ4n) is 2.75. The summed E-state index contributed by atoms with van der Waals surface area (Å²) in [6.45, 7) is 9.11. The van der Waals surface area contributed by atoms with Crippen LogP contribution in [0, 0.1) is 23.0 Å². The van der Waals surface area contributed by atoms with E-state index in [-0.39, 0.29) is 11.9 Å². The molecule has 0 spiro atoms. The molecule has 1 N–H and O–H groups in total. The van der Waals surface area contributed by atoms with Crippen LogP contribution in [0.15, 0.2) is 18.2 Å². The summed E-state index contributed by atoms with van der Waals surface area (Å²) in [5.41, 5.74) is 0.216. The Bertz CT molecular complexity index is 554. The number of carbonyl (C=O) groups excluding carboxylic acids is 1. The Labute approximate surface area is 130 Å². The van der Waals surface area contributed by atoms with Crippen molar-refractivity contribution >= 4 is 11.6 Å². The number of hydrogen-bond acceptors (Lipinski definition) is 2. The van der Waals surface area contributed by atoms with Crippen molar-refractivity contribution in [3.8, 4) is 0 Å². The van der Waals surface area contributed by atoms with Gasteiger partial charge in [0.05, 0.1) is 0 Å². The third-order valence-electron chi connectivity index (χ3n) is 3.94. The minimum Gasteiger partial charge on any atom is -0.369 e. The second-order valence-corrected chi connectivity index (χ2v) is 7.26. The molecular formula is C17H24F2N2O. The van der Waals surface area contributed by atoms with Gasteiger partial charge in [-0.05, 0) is 24.5 Å². The Balaban J connectivity index is 2.10. The highest BCUT2D eigenvalue weighted by molar-refractivity contribution is 5.81. The fraction of sp³-hybridized carbons (Fsp3) is 0.588. The molecule has 1 aromatic rings. The van der Waals surface area contributed by atoms with Crippen molar-refractivity contribution in [3.63, 3.8) is 0 Å². The number of anilines is 1. The largest absolute Gasteiger partial charge is 0.369 e. The Kier molecular flexibility index (Phi) is 4.73. The molecule has 22 heavy (non-hydrogen) atoms. The van der Waals surface area contributed by atoms with Crippen LogP contribution < -0.4 is 10.2 Å². The molecule has 1 amide bonds. The average Bonchev–Trinajstić information content (AvgIpc) is 2.40. The molecule has 1 aliphatic rings. The Morgan fingerprint density at radius 2 is 1.91 bits per heavy atom. The summed E-state index contributed by atoms with van der Waals surface area (Å²) < 4.78 is 26.5. The number of nitrogens with zero attached hydrogens (tertiary/aromatic N) is 1. The molecule has 1 aromatic carbocycles. The zero-order chi connectivity index (χ0) is 16.5. The van der Waals surface area contributed by atoms with E-state index in [2.05, 4.69) is 12.2 Å². The molecular weight excluding hydrogens is 286 g/mol. The number of hydrogen-bond donors (Lipinski definition) is 1. The summed E-state index contributed by atoms with van der Waals surface area (Å²) in [6, 6.07) is 3.96. The summed E-state index contributed by atoms with van der Waals surface area (Å²) in [6.07, 6.45) is 0.891. The third-order valence-corrected chi connectivity index (χ3v) is 3.94. The Morgan fingerprint density at radius 1 is 1.23 bits per heavy atom. The first-order valence-corrected chi connectivity index (χ1v) is 7.68. The summed E-state index contributed by atoms with van der Waals surface area (Å²) in [5.74, 6) is -1.30. The molecule has 0 saturated carbocycles. The molecule has 0 aliphatic carbocycles. The van der Waals surface area contributed by atoms with Crippen LogP contribution in [0.25, 0.3) is 0 Å². The van der Waals surface area contributed by atoms with Gasteiger partial charge in [-0.2, -0.15) is 0 Å². The topological polar surface area (TPSA) is 32.3 Å². The molecule has 0 aromatic heterocycles. The first-order valence-electron chi connectivity index (χ1n) is 7.68. The van der Waals surface area contributed by atoms with Gasteiger partial charge in [0.15, 0.2) is 11.6 Å². The summed E-state index contributed by atoms with van der Waals surface area (Å²) >= 11 is 0. The highest BCUT2D eigenvalue weighted by atomic mass is 19.2. The molecule has 1 saturated heterocycles. The van der Waals surface area contributed by atoms with Crippen LogP contribution >= 0.6 is 0 Å². The highest BCUT2D eigenvalue weighted by Gasteiger charge is 2.29. The molecule has 2 unspecified atom stereocenters. The molecule has 1 fully saturated rings. The van der Waals surface area contributed by atoms with Gasteiger partial charge in [-0.1, -0.05) is 27.7 Å². The lowest BCUT2D eigenvalue weighted by Gasteiger charge is -2.39. The van der Waals surface area contributed by atoms with Crippen LogP contribution in [-0.2, 0) is 4.79 Å². The van der Waals surface area contributed by atoms with E-state index in [1.807, 2.05) is 25.7 Å². The van der Waals surface area contributed by atoms with Crippen LogP contribution in [0.3, 0.4) is 0 Å². The van der Waals surface area contributed by atoms with Crippen molar-refractivity contribution in [2.75, 3.05) is 18.0 Å². The normalized spacial score (nSPS) is 22.5. The molecule has 2 rings (SSSR count). The van der Waals surface area contributed by atoms with E-state index < -0.39 is 17.0 Å². The van der Waals surface area contributed by atoms with Gasteiger partial charge in [0.25, 0.3) is 0 Å². The van der Waals surface area contributed by atoms with Crippen molar-refractivity contribution in [1.29, 1.82) is 0 Å². The van der Waals surface area contributed by atoms with Gasteiger partial charge in [-0.15, -0.1) is 0 Å². The second kappa shape index (κ2) is 6.23. The van der Waals surface area contributed by atoms with Crippen molar-refractivity contribution < 1.29 is 13.6 Å². The van der Waals surface area contributed by atoms with Gasteiger partial charge in [-0.25, -0.2) is 8.78 Å². The van der Waals surface area contributed by atoms with E-state index in [4.69, 9.17) is 0 Å². The molecule has 0 radical (unpaired) electrons. The molecule has 0 bridgehead atoms. The minimum absolute atomic E-state index is 0.0110. The van der Waals surface area contributed by atoms with Crippen molar-refractivity contribution in [3.05, 3.63) is 29.8 Å². The standard InChI is InChI=1S/C17H24F2N2O/c1-11-7-12(20-16(22)17(2,3)4)10-21(9-11)13-5-6-14(18)15(19)8-13/h5-6,8,11-12H,7,9-10H2,1-4H3,(H,20,22). The zero-order valence-electron chi connectivity index (χ0n) is 13.6. The lowest BCUT2D eigenvalue weighted by Crippen LogP contribution is -2.52. The SMILES string of the molecule is CC1CC(NC(=O)C(C)(C)C)CN(c2ccc(F)c(F)c2)C1. The molecule has 1 aliphatic heterocycles. The van der Waals surface area contributed by atoms with Gasteiger partial charge in [0.2, 0.25) is 5.91 Å². The molecule has 2 atom stereocenters. The maximum atomic E-state index is 13.4. The maximum absolute atomic E-state index is 13.4. The monoisotopic (exact) mass is 310 g/mol. The first kappa shape index (κ1) is 16.7. The predicted molar refractivity (Wildman–Crippen MR) is 83.7 cm³/mol. The number of benzene rings is 1. The second-order valence-electron chi connectivity index (χ2n) is 7.26. The lowest BCUT2D eigenvalue weighted by atomic mass is 9.92. The van der Waals surface area contributed by atoms with E-state index in [0.29, 0.717) is 18.2 Å². The van der Waals surface area contributed by atoms with Crippen LogP contribution in [0.1, 0.15) is 34.1 Å². The van der Waals surface area contributed by atoms with Crippen LogP contribution in [0.4, 0.5) is 14.5 Å². The third kappa shape index (κ3) is 3.96. The van der Waals surface area contributed by atoms with Crippen molar-refractivity contribution in [2.45, 2.75) is 40.2 Å². The van der Waals surface area contributed by atoms with Gasteiger partial charge in [-0.3, -0.25) is 4.79 Å². The number of halogens is 2. The average molecular weight is 310 g/mol. The van der Waals surface area contributed by atoms with E-state index in [0.717, 1.165) is 19.0 Å². The maximum Gasteiger partial charge on any atom is 0.225 e. The Morgan fingerprint density at radius 3 is 2.50 bits per heavy atom. The van der Waals surface area contributed by atoms with Gasteiger partial charge in [0, 0.05) is 36.3 Å². The van der Waals surface area contributed by atoms with Crippen LogP contribution in [0.5, 0.6) is 0 Å². The van der Waals surface area contributed by atoms with Gasteiger partial charge < -0.3 is 10.2 Å². The summed E-state index contributed by atoms with van der Waals surface area (Å²) in [4.78, 5) is 14.1. The van der Waals surface area contributed by atoms with E-state index >= 15 is 0 Å². The lowest BCUT2D eigenvalue weighted by molar-refractivity contribution is -0.129. The molecule has 5 heteroatoms. The van der Waals surface area contributed by atoms with E-state index in [1.165, 1.54) is 6.07 Å². The number of nitrogens with one attached hydrogen (secondary N) is 1. The van der Waals surface area contributed by atoms with E-state index in [9.17, 15) is 13.6 Å². The zero-order valence-corrected chi connectivity index (χ0v) is 13.6. The molecule has 122 valence electrons. The number of carbonyl (C=O) groups is 1. The summed E-state index contributed by atoms with van der Waals surface area (Å²) in [5, 5.41) is 3.07. The van der Waals surface area contributed by atoms with E-state index in [1.54, 1.807) is 6.07 Å². The molecule has 3 nitrogen and oxygen atoms in total. The number of rotatable bonds is 2.